The maximum atomic E-state index is 12.3. The van der Waals surface area contributed by atoms with Crippen LogP contribution in [0.2, 0.25) is 0 Å². The second kappa shape index (κ2) is 5.95. The van der Waals surface area contributed by atoms with Gasteiger partial charge in [-0.1, -0.05) is 6.07 Å². The fraction of sp³-hybridized carbons (Fsp3) is 0.400. The third-order valence-corrected chi connectivity index (χ3v) is 3.62. The molecule has 2 N–H and O–H groups in total. The van der Waals surface area contributed by atoms with Gasteiger partial charge in [-0.15, -0.1) is 0 Å². The number of carbonyl (C=O) groups is 1. The number of nitrogens with one attached hydrogen (secondary N) is 2. The lowest BCUT2D eigenvalue weighted by molar-refractivity contribution is 0.0953. The minimum atomic E-state index is -0.0218. The molecule has 0 unspecified atom stereocenters. The number of amides is 1. The molecule has 3 rings (SSSR count). The normalized spacial score (nSPS) is 13.4. The summed E-state index contributed by atoms with van der Waals surface area (Å²) in [6.07, 6.45) is 4.32. The fourth-order valence-electron chi connectivity index (χ4n) is 2.60. The molecule has 0 atom stereocenters. The smallest absolute Gasteiger partial charge is 0.251 e. The van der Waals surface area contributed by atoms with Gasteiger partial charge in [-0.05, 0) is 30.5 Å². The number of benzene rings is 1. The van der Waals surface area contributed by atoms with Gasteiger partial charge in [0.2, 0.25) is 0 Å². The molecule has 2 heterocycles. The quantitative estimate of drug-likeness (QED) is 0.884. The predicted octanol–water partition coefficient (Wildman–Crippen LogP) is 1.15. The molecule has 1 aliphatic heterocycles. The zero-order valence-electron chi connectivity index (χ0n) is 12.1. The first kappa shape index (κ1) is 13.6. The highest BCUT2D eigenvalue weighted by molar-refractivity contribution is 5.97. The van der Waals surface area contributed by atoms with E-state index in [-0.39, 0.29) is 5.91 Å². The molecule has 0 saturated carbocycles. The Morgan fingerprint density at radius 1 is 1.48 bits per heavy atom. The van der Waals surface area contributed by atoms with E-state index in [0.717, 1.165) is 42.0 Å². The van der Waals surface area contributed by atoms with Gasteiger partial charge in [-0.3, -0.25) is 9.48 Å². The number of carbonyl (C=O) groups excluding carboxylic acids is 1. The number of rotatable bonds is 4. The molecule has 110 valence electrons. The second-order valence-electron chi connectivity index (χ2n) is 5.20. The largest absolute Gasteiger partial charge is 0.385 e. The summed E-state index contributed by atoms with van der Waals surface area (Å²) in [6, 6.07) is 5.84. The van der Waals surface area contributed by atoms with E-state index >= 15 is 0 Å². The second-order valence-corrected chi connectivity index (χ2v) is 5.20. The SMILES string of the molecule is Cn1cnc(CCNC(=O)c2cccc3c2CCCN3)n1. The van der Waals surface area contributed by atoms with Gasteiger partial charge in [0.15, 0.2) is 5.82 Å². The Kier molecular flexibility index (Phi) is 3.85. The lowest BCUT2D eigenvalue weighted by Crippen LogP contribution is -2.28. The summed E-state index contributed by atoms with van der Waals surface area (Å²) in [5, 5.41) is 10.5. The van der Waals surface area contributed by atoms with Crippen molar-refractivity contribution in [2.24, 2.45) is 7.05 Å². The van der Waals surface area contributed by atoms with Crippen LogP contribution in [0.15, 0.2) is 24.5 Å². The first-order valence-electron chi connectivity index (χ1n) is 7.22. The first-order valence-corrected chi connectivity index (χ1v) is 7.22. The van der Waals surface area contributed by atoms with Crippen molar-refractivity contribution in [2.75, 3.05) is 18.4 Å². The van der Waals surface area contributed by atoms with Crippen molar-refractivity contribution in [3.05, 3.63) is 41.5 Å². The maximum Gasteiger partial charge on any atom is 0.251 e. The number of hydrogen-bond donors (Lipinski definition) is 2. The number of aromatic nitrogens is 3. The Morgan fingerprint density at radius 2 is 2.38 bits per heavy atom. The summed E-state index contributed by atoms with van der Waals surface area (Å²) in [5.41, 5.74) is 2.98. The Balaban J connectivity index is 1.63. The van der Waals surface area contributed by atoms with E-state index in [1.54, 1.807) is 11.0 Å². The van der Waals surface area contributed by atoms with Crippen molar-refractivity contribution in [1.82, 2.24) is 20.1 Å². The Morgan fingerprint density at radius 3 is 3.19 bits per heavy atom. The zero-order valence-corrected chi connectivity index (χ0v) is 12.1. The number of hydrogen-bond acceptors (Lipinski definition) is 4. The van der Waals surface area contributed by atoms with E-state index < -0.39 is 0 Å². The van der Waals surface area contributed by atoms with Gasteiger partial charge in [0.05, 0.1) is 0 Å². The Hall–Kier alpha value is -2.37. The minimum absolute atomic E-state index is 0.0218. The van der Waals surface area contributed by atoms with Gasteiger partial charge in [0, 0.05) is 37.8 Å². The molecule has 0 spiro atoms. The number of fused-ring (bicyclic) bond motifs is 1. The Labute approximate surface area is 123 Å². The standard InChI is InChI=1S/C15H19N5O/c1-20-10-18-14(19-20)7-9-17-15(21)12-4-2-6-13-11(12)5-3-8-16-13/h2,4,6,10,16H,3,5,7-9H2,1H3,(H,17,21). The van der Waals surface area contributed by atoms with E-state index in [1.165, 1.54) is 0 Å². The van der Waals surface area contributed by atoms with Crippen LogP contribution in [0, 0.1) is 0 Å². The van der Waals surface area contributed by atoms with Crippen LogP contribution in [-0.2, 0) is 19.9 Å². The number of aryl methyl sites for hydroxylation is 1. The van der Waals surface area contributed by atoms with Crippen molar-refractivity contribution in [3.8, 4) is 0 Å². The van der Waals surface area contributed by atoms with Crippen LogP contribution in [-0.4, -0.2) is 33.8 Å². The summed E-state index contributed by atoms with van der Waals surface area (Å²) >= 11 is 0. The van der Waals surface area contributed by atoms with Crippen LogP contribution < -0.4 is 10.6 Å². The zero-order chi connectivity index (χ0) is 14.7. The highest BCUT2D eigenvalue weighted by Crippen LogP contribution is 2.25. The van der Waals surface area contributed by atoms with Gasteiger partial charge in [0.1, 0.15) is 6.33 Å². The van der Waals surface area contributed by atoms with Crippen LogP contribution in [0.1, 0.15) is 28.2 Å². The molecule has 1 aromatic heterocycles. The molecule has 6 nitrogen and oxygen atoms in total. The highest BCUT2D eigenvalue weighted by atomic mass is 16.1. The first-order chi connectivity index (χ1) is 10.2. The topological polar surface area (TPSA) is 71.8 Å². The molecule has 2 aromatic rings. The molecule has 1 amide bonds. The molecule has 21 heavy (non-hydrogen) atoms. The van der Waals surface area contributed by atoms with E-state index in [0.29, 0.717) is 13.0 Å². The van der Waals surface area contributed by atoms with Crippen LogP contribution >= 0.6 is 0 Å². The highest BCUT2D eigenvalue weighted by Gasteiger charge is 2.16. The molecule has 0 fully saturated rings. The van der Waals surface area contributed by atoms with E-state index in [2.05, 4.69) is 20.7 Å². The molecule has 6 heteroatoms. The predicted molar refractivity (Wildman–Crippen MR) is 80.3 cm³/mol. The molecule has 1 aromatic carbocycles. The average Bonchev–Trinajstić information content (AvgIpc) is 2.92. The Bertz CT molecular complexity index is 649. The number of anilines is 1. The van der Waals surface area contributed by atoms with Gasteiger partial charge in [-0.2, -0.15) is 5.10 Å². The summed E-state index contributed by atoms with van der Waals surface area (Å²) in [6.45, 7) is 1.52. The lowest BCUT2D eigenvalue weighted by Gasteiger charge is -2.20. The fourth-order valence-corrected chi connectivity index (χ4v) is 2.60. The van der Waals surface area contributed by atoms with E-state index in [1.807, 2.05) is 25.2 Å². The van der Waals surface area contributed by atoms with Crippen LogP contribution in [0.25, 0.3) is 0 Å². The van der Waals surface area contributed by atoms with Gasteiger partial charge in [0.25, 0.3) is 5.91 Å². The van der Waals surface area contributed by atoms with Crippen molar-refractivity contribution < 1.29 is 4.79 Å². The van der Waals surface area contributed by atoms with Gasteiger partial charge in [-0.25, -0.2) is 4.98 Å². The lowest BCUT2D eigenvalue weighted by atomic mass is 9.97. The third-order valence-electron chi connectivity index (χ3n) is 3.62. The number of nitrogens with zero attached hydrogens (tertiary/aromatic N) is 3. The van der Waals surface area contributed by atoms with Gasteiger partial charge >= 0.3 is 0 Å². The van der Waals surface area contributed by atoms with E-state index in [4.69, 9.17) is 0 Å². The summed E-state index contributed by atoms with van der Waals surface area (Å²) in [7, 11) is 1.83. The van der Waals surface area contributed by atoms with Crippen LogP contribution in [0.3, 0.4) is 0 Å². The molecular weight excluding hydrogens is 266 g/mol. The monoisotopic (exact) mass is 285 g/mol. The van der Waals surface area contributed by atoms with Crippen molar-refractivity contribution in [1.29, 1.82) is 0 Å². The molecular formula is C15H19N5O. The summed E-state index contributed by atoms with van der Waals surface area (Å²) in [5.74, 6) is 0.723. The third kappa shape index (κ3) is 3.04. The van der Waals surface area contributed by atoms with Crippen molar-refractivity contribution in [2.45, 2.75) is 19.3 Å². The van der Waals surface area contributed by atoms with Gasteiger partial charge < -0.3 is 10.6 Å². The summed E-state index contributed by atoms with van der Waals surface area (Å²) < 4.78 is 1.66. The molecule has 0 aliphatic carbocycles. The maximum absolute atomic E-state index is 12.3. The molecule has 1 aliphatic rings. The molecule has 0 bridgehead atoms. The van der Waals surface area contributed by atoms with Crippen molar-refractivity contribution >= 4 is 11.6 Å². The molecule has 0 radical (unpaired) electrons. The van der Waals surface area contributed by atoms with Crippen LogP contribution in [0.4, 0.5) is 5.69 Å². The molecule has 0 saturated heterocycles. The van der Waals surface area contributed by atoms with E-state index in [9.17, 15) is 4.79 Å². The summed E-state index contributed by atoms with van der Waals surface area (Å²) in [4.78, 5) is 16.5. The van der Waals surface area contributed by atoms with Crippen molar-refractivity contribution in [3.63, 3.8) is 0 Å². The van der Waals surface area contributed by atoms with Crippen LogP contribution in [0.5, 0.6) is 0 Å². The minimum Gasteiger partial charge on any atom is -0.385 e. The average molecular weight is 285 g/mol.